The monoisotopic (exact) mass is 522 g/mol. The van der Waals surface area contributed by atoms with Crippen LogP contribution in [0.5, 0.6) is 0 Å². The molecule has 2 amide bonds. The fourth-order valence-electron chi connectivity index (χ4n) is 7.11. The smallest absolute Gasteiger partial charge is 0.317 e. The lowest BCUT2D eigenvalue weighted by molar-refractivity contribution is 0.199. The number of hydrogen-bond acceptors (Lipinski definition) is 1. The zero-order valence-electron chi connectivity index (χ0n) is 22.0. The predicted octanol–water partition coefficient (Wildman–Crippen LogP) is 7.05. The first-order valence-electron chi connectivity index (χ1n) is 14.4. The molecule has 3 fully saturated rings. The molecule has 0 bridgehead atoms. The molecule has 1 heterocycles. The van der Waals surface area contributed by atoms with Crippen LogP contribution >= 0.6 is 15.8 Å². The molecule has 2 atom stereocenters. The molecular weight excluding hydrogens is 478 g/mol. The van der Waals surface area contributed by atoms with E-state index in [2.05, 4.69) is 70.9 Å². The number of carbonyl (C=O) groups excluding carboxylic acids is 1. The SMILES string of the molecule is CNC(=O)N1C[C@@H](P(C2CCCCC2)C2CCCCC2)C[C@H]1CP(c1ccccc1)c1ccccc1. The van der Waals surface area contributed by atoms with Gasteiger partial charge in [0.1, 0.15) is 0 Å². The number of rotatable bonds is 7. The Morgan fingerprint density at radius 1 is 0.778 bits per heavy atom. The summed E-state index contributed by atoms with van der Waals surface area (Å²) in [7, 11) is 1.29. The van der Waals surface area contributed by atoms with Gasteiger partial charge in [0.15, 0.2) is 0 Å². The van der Waals surface area contributed by atoms with E-state index in [1.54, 1.807) is 0 Å². The molecule has 5 heteroatoms. The Labute approximate surface area is 221 Å². The van der Waals surface area contributed by atoms with Gasteiger partial charge in [0.2, 0.25) is 0 Å². The highest BCUT2D eigenvalue weighted by atomic mass is 31.1. The number of nitrogens with zero attached hydrogens (tertiary/aromatic N) is 1. The number of hydrogen-bond donors (Lipinski definition) is 1. The van der Waals surface area contributed by atoms with Gasteiger partial charge in [0, 0.05) is 19.6 Å². The van der Waals surface area contributed by atoms with Gasteiger partial charge in [-0.15, -0.1) is 0 Å². The van der Waals surface area contributed by atoms with Crippen LogP contribution in [0.25, 0.3) is 0 Å². The molecule has 2 aromatic carbocycles. The molecule has 0 aromatic heterocycles. The fourth-order valence-corrected chi connectivity index (χ4v) is 14.2. The zero-order valence-corrected chi connectivity index (χ0v) is 23.8. The summed E-state index contributed by atoms with van der Waals surface area (Å²) in [4.78, 5) is 15.5. The Kier molecular flexibility index (Phi) is 9.37. The number of carbonyl (C=O) groups is 1. The summed E-state index contributed by atoms with van der Waals surface area (Å²) in [6.45, 7) is 0.982. The Balaban J connectivity index is 1.42. The van der Waals surface area contributed by atoms with E-state index in [-0.39, 0.29) is 14.0 Å². The highest BCUT2D eigenvalue weighted by Crippen LogP contribution is 2.61. The summed E-state index contributed by atoms with van der Waals surface area (Å²) in [6.07, 6.45) is 16.7. The van der Waals surface area contributed by atoms with Crippen LogP contribution in [-0.2, 0) is 0 Å². The molecule has 36 heavy (non-hydrogen) atoms. The third kappa shape index (κ3) is 6.16. The summed E-state index contributed by atoms with van der Waals surface area (Å²) in [5, 5.41) is 5.87. The van der Waals surface area contributed by atoms with Gasteiger partial charge in [0.05, 0.1) is 0 Å². The summed E-state index contributed by atoms with van der Waals surface area (Å²) in [6, 6.07) is 22.6. The summed E-state index contributed by atoms with van der Waals surface area (Å²) < 4.78 is 0. The second kappa shape index (κ2) is 12.9. The Morgan fingerprint density at radius 3 is 1.75 bits per heavy atom. The van der Waals surface area contributed by atoms with Crippen LogP contribution in [0, 0.1) is 0 Å². The van der Waals surface area contributed by atoms with Gasteiger partial charge in [-0.05, 0) is 73.8 Å². The van der Waals surface area contributed by atoms with Crippen molar-refractivity contribution in [2.24, 2.45) is 0 Å². The van der Waals surface area contributed by atoms with Crippen LogP contribution < -0.4 is 15.9 Å². The summed E-state index contributed by atoms with van der Waals surface area (Å²) >= 11 is 0. The van der Waals surface area contributed by atoms with Crippen LogP contribution in [0.4, 0.5) is 4.79 Å². The number of amides is 2. The van der Waals surface area contributed by atoms with Gasteiger partial charge in [0.25, 0.3) is 0 Å². The zero-order chi connectivity index (χ0) is 24.7. The van der Waals surface area contributed by atoms with Gasteiger partial charge in [-0.25, -0.2) is 4.79 Å². The lowest BCUT2D eigenvalue weighted by Gasteiger charge is -2.42. The van der Waals surface area contributed by atoms with Crippen molar-refractivity contribution < 1.29 is 4.79 Å². The molecule has 1 N–H and O–H groups in total. The van der Waals surface area contributed by atoms with E-state index in [9.17, 15) is 4.79 Å². The van der Waals surface area contributed by atoms with Crippen molar-refractivity contribution in [1.29, 1.82) is 0 Å². The lowest BCUT2D eigenvalue weighted by atomic mass is 9.99. The highest BCUT2D eigenvalue weighted by Gasteiger charge is 2.44. The molecule has 194 valence electrons. The number of nitrogens with one attached hydrogen (secondary N) is 1. The maximum atomic E-state index is 13.2. The van der Waals surface area contributed by atoms with E-state index in [1.807, 2.05) is 7.05 Å². The fraction of sp³-hybridized carbons (Fsp3) is 0.581. The standard InChI is InChI=1S/C31H44N2OP2/c1-32-31(34)33-23-30(36(28-18-10-4-11-19-28)29-20-12-5-13-21-29)22-25(33)24-35(26-14-6-2-7-15-26)27-16-8-3-9-17-27/h2-3,6-9,14-17,25,28-30H,4-5,10-13,18-24H2,1H3,(H,32,34)/t25-,30-/m0/s1. The van der Waals surface area contributed by atoms with Crippen LogP contribution in [0.3, 0.4) is 0 Å². The molecule has 5 rings (SSSR count). The van der Waals surface area contributed by atoms with Crippen molar-refractivity contribution in [3.8, 4) is 0 Å². The minimum atomic E-state index is -0.500. The van der Waals surface area contributed by atoms with Crippen LogP contribution in [0.2, 0.25) is 0 Å². The van der Waals surface area contributed by atoms with Crippen molar-refractivity contribution in [2.45, 2.75) is 93.6 Å². The lowest BCUT2D eigenvalue weighted by Crippen LogP contribution is -2.43. The third-order valence-electron chi connectivity index (χ3n) is 8.81. The second-order valence-corrected chi connectivity index (χ2v) is 16.4. The molecular formula is C31H44N2OP2. The van der Waals surface area contributed by atoms with Crippen molar-refractivity contribution in [1.82, 2.24) is 10.2 Å². The van der Waals surface area contributed by atoms with Crippen molar-refractivity contribution >= 4 is 32.5 Å². The molecule has 0 unspecified atom stereocenters. The average molecular weight is 523 g/mol. The van der Waals surface area contributed by atoms with E-state index in [0.717, 1.165) is 29.7 Å². The molecule has 3 aliphatic rings. The quantitative estimate of drug-likeness (QED) is 0.389. The van der Waals surface area contributed by atoms with Gasteiger partial charge < -0.3 is 10.2 Å². The molecule has 2 aliphatic carbocycles. The van der Waals surface area contributed by atoms with Gasteiger partial charge in [-0.3, -0.25) is 0 Å². The van der Waals surface area contributed by atoms with Gasteiger partial charge in [-0.1, -0.05) is 107 Å². The first-order chi connectivity index (χ1) is 17.7. The van der Waals surface area contributed by atoms with E-state index < -0.39 is 7.92 Å². The first kappa shape index (κ1) is 26.2. The summed E-state index contributed by atoms with van der Waals surface area (Å²) in [5.74, 6) is 0. The van der Waals surface area contributed by atoms with Crippen molar-refractivity contribution in [2.75, 3.05) is 19.8 Å². The predicted molar refractivity (Wildman–Crippen MR) is 158 cm³/mol. The molecule has 2 saturated carbocycles. The topological polar surface area (TPSA) is 32.3 Å². The maximum Gasteiger partial charge on any atom is 0.317 e. The van der Waals surface area contributed by atoms with Crippen LogP contribution in [-0.4, -0.2) is 53.7 Å². The van der Waals surface area contributed by atoms with Gasteiger partial charge in [-0.2, -0.15) is 0 Å². The van der Waals surface area contributed by atoms with Crippen molar-refractivity contribution in [3.63, 3.8) is 0 Å². The first-order valence-corrected chi connectivity index (χ1v) is 17.5. The number of urea groups is 1. The Morgan fingerprint density at radius 2 is 1.28 bits per heavy atom. The van der Waals surface area contributed by atoms with Crippen molar-refractivity contribution in [3.05, 3.63) is 60.7 Å². The van der Waals surface area contributed by atoms with Crippen LogP contribution in [0.15, 0.2) is 60.7 Å². The average Bonchev–Trinajstić information content (AvgIpc) is 3.37. The molecule has 3 nitrogen and oxygen atoms in total. The van der Waals surface area contributed by atoms with Crippen LogP contribution in [0.1, 0.15) is 70.6 Å². The minimum absolute atomic E-state index is 0.0291. The molecule has 1 aliphatic heterocycles. The second-order valence-electron chi connectivity index (χ2n) is 11.1. The normalized spacial score (nSPS) is 23.9. The third-order valence-corrected chi connectivity index (χ3v) is 15.4. The highest BCUT2D eigenvalue weighted by molar-refractivity contribution is 7.73. The van der Waals surface area contributed by atoms with Gasteiger partial charge >= 0.3 is 6.03 Å². The molecule has 1 saturated heterocycles. The Bertz CT molecular complexity index is 886. The van der Waals surface area contributed by atoms with E-state index in [1.165, 1.54) is 81.2 Å². The summed E-state index contributed by atoms with van der Waals surface area (Å²) in [5.41, 5.74) is 2.60. The molecule has 2 aromatic rings. The number of likely N-dealkylation sites (tertiary alicyclic amines) is 1. The minimum Gasteiger partial charge on any atom is -0.341 e. The van der Waals surface area contributed by atoms with E-state index >= 15 is 0 Å². The molecule has 0 spiro atoms. The molecule has 0 radical (unpaired) electrons. The largest absolute Gasteiger partial charge is 0.341 e. The number of benzene rings is 2. The van der Waals surface area contributed by atoms with E-state index in [4.69, 9.17) is 0 Å². The Hall–Kier alpha value is -1.43. The maximum absolute atomic E-state index is 13.2. The van der Waals surface area contributed by atoms with E-state index in [0.29, 0.717) is 6.04 Å².